The maximum Gasteiger partial charge on any atom is 0.225 e. The molecule has 30 heavy (non-hydrogen) atoms. The monoisotopic (exact) mass is 411 g/mol. The van der Waals surface area contributed by atoms with Crippen molar-refractivity contribution in [2.45, 2.75) is 25.8 Å². The second-order valence-corrected chi connectivity index (χ2v) is 8.49. The number of carbonyl (C=O) groups excluding carboxylic acids is 1. The zero-order chi connectivity index (χ0) is 21.1. The summed E-state index contributed by atoms with van der Waals surface area (Å²) in [5.74, 6) is 0.579. The molecule has 0 radical (unpaired) electrons. The number of ether oxygens (including phenoxy) is 1. The molecule has 2 saturated heterocycles. The molecule has 0 unspecified atom stereocenters. The van der Waals surface area contributed by atoms with Crippen LogP contribution >= 0.6 is 0 Å². The lowest BCUT2D eigenvalue weighted by molar-refractivity contribution is -0.133. The molecule has 2 aliphatic rings. The van der Waals surface area contributed by atoms with Crippen molar-refractivity contribution >= 4 is 5.91 Å². The van der Waals surface area contributed by atoms with Gasteiger partial charge in [-0.25, -0.2) is 4.39 Å². The molecule has 0 aliphatic carbocycles. The Balaban J connectivity index is 1.47. The molecule has 1 amide bonds. The molecule has 160 valence electrons. The van der Waals surface area contributed by atoms with E-state index in [4.69, 9.17) is 4.74 Å². The van der Waals surface area contributed by atoms with E-state index in [0.717, 1.165) is 49.6 Å². The number of aryl methyl sites for hydroxylation is 1. The maximum atomic E-state index is 14.0. The van der Waals surface area contributed by atoms with Gasteiger partial charge in [-0.3, -0.25) is 9.78 Å². The van der Waals surface area contributed by atoms with Gasteiger partial charge in [-0.1, -0.05) is 18.2 Å². The summed E-state index contributed by atoms with van der Waals surface area (Å²) in [7, 11) is 1.61. The van der Waals surface area contributed by atoms with Gasteiger partial charge < -0.3 is 14.5 Å². The highest BCUT2D eigenvalue weighted by Crippen LogP contribution is 2.45. The summed E-state index contributed by atoms with van der Waals surface area (Å²) in [5.41, 5.74) is 3.06. The molecule has 1 aromatic carbocycles. The Morgan fingerprint density at radius 1 is 1.20 bits per heavy atom. The van der Waals surface area contributed by atoms with Crippen LogP contribution in [0.25, 0.3) is 0 Å². The zero-order valence-corrected chi connectivity index (χ0v) is 17.8. The van der Waals surface area contributed by atoms with Crippen LogP contribution in [0.15, 0.2) is 42.5 Å². The van der Waals surface area contributed by atoms with Gasteiger partial charge in [0.2, 0.25) is 5.91 Å². The molecule has 5 nitrogen and oxygen atoms in total. The molecule has 4 rings (SSSR count). The molecule has 0 bridgehead atoms. The Morgan fingerprint density at radius 3 is 2.80 bits per heavy atom. The number of likely N-dealkylation sites (tertiary alicyclic amines) is 2. The van der Waals surface area contributed by atoms with Crippen molar-refractivity contribution in [3.63, 3.8) is 0 Å². The average Bonchev–Trinajstić information content (AvgIpc) is 3.28. The molecule has 2 aliphatic heterocycles. The van der Waals surface area contributed by atoms with Crippen LogP contribution in [0.1, 0.15) is 29.4 Å². The van der Waals surface area contributed by atoms with Gasteiger partial charge in [0.1, 0.15) is 5.82 Å². The van der Waals surface area contributed by atoms with Crippen LogP contribution in [0.5, 0.6) is 0 Å². The highest BCUT2D eigenvalue weighted by atomic mass is 19.1. The predicted molar refractivity (Wildman–Crippen MR) is 113 cm³/mol. The van der Waals surface area contributed by atoms with Crippen molar-refractivity contribution < 1.29 is 13.9 Å². The summed E-state index contributed by atoms with van der Waals surface area (Å²) < 4.78 is 19.1. The number of methoxy groups -OCH3 is 1. The molecular formula is C24H30FN3O2. The fraction of sp³-hybridized carbons (Fsp3) is 0.500. The topological polar surface area (TPSA) is 45.7 Å². The summed E-state index contributed by atoms with van der Waals surface area (Å²) in [4.78, 5) is 21.9. The second kappa shape index (κ2) is 9.23. The van der Waals surface area contributed by atoms with E-state index in [0.29, 0.717) is 24.9 Å². The summed E-state index contributed by atoms with van der Waals surface area (Å²) in [6.07, 6.45) is 1.28. The van der Waals surface area contributed by atoms with Crippen LogP contribution in [0, 0.1) is 24.6 Å². The Labute approximate surface area is 177 Å². The molecule has 3 atom stereocenters. The van der Waals surface area contributed by atoms with Gasteiger partial charge in [0, 0.05) is 57.0 Å². The van der Waals surface area contributed by atoms with E-state index in [1.54, 1.807) is 19.2 Å². The van der Waals surface area contributed by atoms with Gasteiger partial charge >= 0.3 is 0 Å². The van der Waals surface area contributed by atoms with E-state index in [1.165, 1.54) is 6.07 Å². The number of nitrogens with zero attached hydrogens (tertiary/aromatic N) is 3. The summed E-state index contributed by atoms with van der Waals surface area (Å²) in [6.45, 7) is 6.01. The van der Waals surface area contributed by atoms with Crippen LogP contribution in [0.2, 0.25) is 0 Å². The van der Waals surface area contributed by atoms with E-state index in [9.17, 15) is 9.18 Å². The quantitative estimate of drug-likeness (QED) is 0.702. The minimum Gasteiger partial charge on any atom is -0.384 e. The highest BCUT2D eigenvalue weighted by molar-refractivity contribution is 5.77. The first-order valence-corrected chi connectivity index (χ1v) is 10.7. The lowest BCUT2D eigenvalue weighted by atomic mass is 9.89. The third-order valence-corrected chi connectivity index (χ3v) is 6.40. The van der Waals surface area contributed by atoms with Gasteiger partial charge in [-0.15, -0.1) is 0 Å². The van der Waals surface area contributed by atoms with Crippen LogP contribution in [0.4, 0.5) is 4.39 Å². The molecule has 0 N–H and O–H groups in total. The lowest BCUT2D eigenvalue weighted by Gasteiger charge is -2.30. The van der Waals surface area contributed by atoms with Gasteiger partial charge in [-0.05, 0) is 42.7 Å². The van der Waals surface area contributed by atoms with Crippen molar-refractivity contribution in [2.24, 2.45) is 11.8 Å². The normalized spacial score (nSPS) is 23.7. The fourth-order valence-electron chi connectivity index (χ4n) is 5.04. The molecule has 2 fully saturated rings. The Kier molecular flexibility index (Phi) is 6.44. The molecule has 0 spiro atoms. The number of aromatic nitrogens is 1. The number of hydrogen-bond donors (Lipinski definition) is 0. The molecular weight excluding hydrogens is 381 g/mol. The van der Waals surface area contributed by atoms with Gasteiger partial charge in [0.05, 0.1) is 19.1 Å². The smallest absolute Gasteiger partial charge is 0.225 e. The summed E-state index contributed by atoms with van der Waals surface area (Å²) in [5, 5.41) is 0. The Bertz CT molecular complexity index is 890. The van der Waals surface area contributed by atoms with E-state index in [-0.39, 0.29) is 17.8 Å². The number of rotatable bonds is 7. The Morgan fingerprint density at radius 2 is 2.03 bits per heavy atom. The van der Waals surface area contributed by atoms with Crippen molar-refractivity contribution in [2.75, 3.05) is 39.9 Å². The first kappa shape index (κ1) is 20.9. The standard InChI is InChI=1S/C24H30FN3O2/c1-17-5-3-8-21(26-17)9-11-27-14-19-15-28(23(29)10-12-30-2)24(22(19)16-27)18-6-4-7-20(25)13-18/h3-8,13,19,22,24H,9-12,14-16H2,1-2H3/t19-,22-,24-/m0/s1. The zero-order valence-electron chi connectivity index (χ0n) is 17.8. The third-order valence-electron chi connectivity index (χ3n) is 6.40. The number of pyridine rings is 1. The number of carbonyl (C=O) groups is 1. The molecule has 6 heteroatoms. The SMILES string of the molecule is COCCC(=O)N1C[C@@H]2CN(CCc3cccc(C)n3)C[C@@H]2[C@@H]1c1cccc(F)c1. The van der Waals surface area contributed by atoms with Crippen molar-refractivity contribution in [1.82, 2.24) is 14.8 Å². The van der Waals surface area contributed by atoms with E-state index in [1.807, 2.05) is 24.0 Å². The van der Waals surface area contributed by atoms with Crippen LogP contribution < -0.4 is 0 Å². The molecule has 3 heterocycles. The lowest BCUT2D eigenvalue weighted by Crippen LogP contribution is -2.36. The number of amides is 1. The fourth-order valence-corrected chi connectivity index (χ4v) is 5.04. The maximum absolute atomic E-state index is 14.0. The highest BCUT2D eigenvalue weighted by Gasteiger charge is 2.48. The van der Waals surface area contributed by atoms with Crippen LogP contribution in [-0.2, 0) is 16.0 Å². The van der Waals surface area contributed by atoms with E-state index in [2.05, 4.69) is 22.0 Å². The van der Waals surface area contributed by atoms with Crippen LogP contribution in [-0.4, -0.2) is 60.6 Å². The van der Waals surface area contributed by atoms with Crippen molar-refractivity contribution in [3.05, 3.63) is 65.2 Å². The first-order valence-electron chi connectivity index (χ1n) is 10.7. The molecule has 1 aromatic heterocycles. The molecule has 0 saturated carbocycles. The third kappa shape index (κ3) is 4.55. The van der Waals surface area contributed by atoms with Gasteiger partial charge in [0.25, 0.3) is 0 Å². The predicted octanol–water partition coefficient (Wildman–Crippen LogP) is 3.24. The van der Waals surface area contributed by atoms with Crippen molar-refractivity contribution in [1.29, 1.82) is 0 Å². The van der Waals surface area contributed by atoms with Gasteiger partial charge in [0.15, 0.2) is 0 Å². The summed E-state index contributed by atoms with van der Waals surface area (Å²) in [6, 6.07) is 12.8. The minimum atomic E-state index is -0.249. The number of benzene rings is 1. The van der Waals surface area contributed by atoms with Crippen LogP contribution in [0.3, 0.4) is 0 Å². The number of hydrogen-bond acceptors (Lipinski definition) is 4. The second-order valence-electron chi connectivity index (χ2n) is 8.49. The molecule has 2 aromatic rings. The van der Waals surface area contributed by atoms with E-state index < -0.39 is 0 Å². The van der Waals surface area contributed by atoms with Gasteiger partial charge in [-0.2, -0.15) is 0 Å². The largest absolute Gasteiger partial charge is 0.384 e. The van der Waals surface area contributed by atoms with E-state index >= 15 is 0 Å². The van der Waals surface area contributed by atoms with Crippen molar-refractivity contribution in [3.8, 4) is 0 Å². The average molecular weight is 412 g/mol. The first-order chi connectivity index (χ1) is 14.5. The number of halogens is 1. The summed E-state index contributed by atoms with van der Waals surface area (Å²) >= 11 is 0. The number of fused-ring (bicyclic) bond motifs is 1. The Hall–Kier alpha value is -2.31. The minimum absolute atomic E-state index is 0.0721.